The molecule has 4 fully saturated rings. The molecule has 4 saturated carbocycles. The second kappa shape index (κ2) is 6.68. The van der Waals surface area contributed by atoms with Crippen molar-refractivity contribution in [3.05, 3.63) is 46.5 Å². The van der Waals surface area contributed by atoms with Crippen molar-refractivity contribution in [1.29, 1.82) is 0 Å². The molecular weight excluding hydrogens is 356 g/mol. The predicted octanol–water partition coefficient (Wildman–Crippen LogP) is 3.77. The zero-order chi connectivity index (χ0) is 19.1. The summed E-state index contributed by atoms with van der Waals surface area (Å²) in [4.78, 5) is 24.0. The van der Waals surface area contributed by atoms with E-state index in [4.69, 9.17) is 0 Å². The largest absolute Gasteiger partial charge is 0.360 e. The number of hydrogen-bond donors (Lipinski definition) is 2. The molecule has 28 heavy (non-hydrogen) atoms. The van der Waals surface area contributed by atoms with Gasteiger partial charge in [-0.25, -0.2) is 9.97 Å². The third-order valence-electron chi connectivity index (χ3n) is 6.61. The zero-order valence-electron chi connectivity index (χ0n) is 15.7. The lowest BCUT2D eigenvalue weighted by Gasteiger charge is -2.57. The first kappa shape index (κ1) is 17.3. The number of hydrogen-bond acceptors (Lipinski definition) is 7. The summed E-state index contributed by atoms with van der Waals surface area (Å²) in [7, 11) is 0. The number of nitrogens with zero attached hydrogens (tertiary/aromatic N) is 4. The maximum Gasteiger partial charge on any atom is 0.353 e. The van der Waals surface area contributed by atoms with Gasteiger partial charge in [0.2, 0.25) is 11.6 Å². The smallest absolute Gasteiger partial charge is 0.353 e. The molecule has 2 N–H and O–H groups in total. The van der Waals surface area contributed by atoms with E-state index in [-0.39, 0.29) is 22.0 Å². The summed E-state index contributed by atoms with van der Waals surface area (Å²) in [5.74, 6) is 2.85. The molecule has 146 valence electrons. The number of aromatic nitrogens is 3. The molecule has 2 heterocycles. The molecular formula is C20H24N6O2. The van der Waals surface area contributed by atoms with Crippen LogP contribution in [0.5, 0.6) is 0 Å². The van der Waals surface area contributed by atoms with Crippen LogP contribution in [0.4, 0.5) is 17.3 Å². The van der Waals surface area contributed by atoms with E-state index >= 15 is 0 Å². The zero-order valence-corrected chi connectivity index (χ0v) is 15.7. The van der Waals surface area contributed by atoms with Crippen LogP contribution in [-0.2, 0) is 6.54 Å². The maximum atomic E-state index is 11.9. The molecule has 8 nitrogen and oxygen atoms in total. The molecule has 0 unspecified atom stereocenters. The lowest BCUT2D eigenvalue weighted by molar-refractivity contribution is -0.383. The van der Waals surface area contributed by atoms with E-state index in [0.29, 0.717) is 12.4 Å². The van der Waals surface area contributed by atoms with E-state index in [1.165, 1.54) is 25.6 Å². The standard InChI is InChI=1S/C20H24N6O2/c27-26(28)17-18(22-11-13-2-1-3-21-10-13)23-12-24-19(17)25-20-7-14-4-15(8-20)6-16(5-14)9-20/h1-3,10,12,14-16H,4-9,11H2,(H2,22,23,24,25). The van der Waals surface area contributed by atoms with Crippen molar-refractivity contribution in [2.24, 2.45) is 17.8 Å². The quantitative estimate of drug-likeness (QED) is 0.580. The van der Waals surface area contributed by atoms with Crippen LogP contribution in [-0.4, -0.2) is 25.4 Å². The number of nitrogens with one attached hydrogen (secondary N) is 2. The number of pyridine rings is 1. The van der Waals surface area contributed by atoms with E-state index in [0.717, 1.165) is 42.6 Å². The molecule has 0 spiro atoms. The molecule has 4 aliphatic carbocycles. The van der Waals surface area contributed by atoms with Gasteiger partial charge < -0.3 is 10.6 Å². The second-order valence-corrected chi connectivity index (χ2v) is 8.71. The van der Waals surface area contributed by atoms with Crippen LogP contribution >= 0.6 is 0 Å². The molecule has 4 bridgehead atoms. The number of rotatable bonds is 6. The van der Waals surface area contributed by atoms with E-state index < -0.39 is 0 Å². The maximum absolute atomic E-state index is 11.9. The third-order valence-corrected chi connectivity index (χ3v) is 6.61. The first-order valence-electron chi connectivity index (χ1n) is 10.0. The summed E-state index contributed by atoms with van der Waals surface area (Å²) < 4.78 is 0. The highest BCUT2D eigenvalue weighted by Gasteiger charge is 2.51. The molecule has 0 amide bonds. The number of anilines is 2. The van der Waals surface area contributed by atoms with Crippen molar-refractivity contribution in [3.63, 3.8) is 0 Å². The Morgan fingerprint density at radius 2 is 1.79 bits per heavy atom. The molecule has 0 atom stereocenters. The Kier molecular flexibility index (Phi) is 4.14. The summed E-state index contributed by atoms with van der Waals surface area (Å²) in [6, 6.07) is 3.76. The average molecular weight is 380 g/mol. The van der Waals surface area contributed by atoms with Crippen LogP contribution in [0.15, 0.2) is 30.9 Å². The predicted molar refractivity (Wildman–Crippen MR) is 105 cm³/mol. The minimum absolute atomic E-state index is 0.0471. The van der Waals surface area contributed by atoms with Gasteiger partial charge in [-0.3, -0.25) is 15.1 Å². The molecule has 0 radical (unpaired) electrons. The summed E-state index contributed by atoms with van der Waals surface area (Å²) >= 11 is 0. The Morgan fingerprint density at radius 1 is 1.11 bits per heavy atom. The summed E-state index contributed by atoms with van der Waals surface area (Å²) in [6.07, 6.45) is 12.1. The molecule has 2 aromatic heterocycles. The van der Waals surface area contributed by atoms with Crippen molar-refractivity contribution in [2.45, 2.75) is 50.6 Å². The summed E-state index contributed by atoms with van der Waals surface area (Å²) in [6.45, 7) is 0.419. The Hall–Kier alpha value is -2.77. The fourth-order valence-corrected chi connectivity index (χ4v) is 5.98. The van der Waals surface area contributed by atoms with Crippen LogP contribution in [0, 0.1) is 27.9 Å². The van der Waals surface area contributed by atoms with E-state index in [2.05, 4.69) is 25.6 Å². The van der Waals surface area contributed by atoms with Crippen molar-refractivity contribution in [2.75, 3.05) is 10.6 Å². The Morgan fingerprint density at radius 3 is 2.39 bits per heavy atom. The first-order chi connectivity index (χ1) is 13.6. The van der Waals surface area contributed by atoms with Gasteiger partial charge in [0.15, 0.2) is 0 Å². The van der Waals surface area contributed by atoms with Crippen molar-refractivity contribution in [3.8, 4) is 0 Å². The Labute approximate surface area is 163 Å². The van der Waals surface area contributed by atoms with Gasteiger partial charge in [0, 0.05) is 24.5 Å². The van der Waals surface area contributed by atoms with Crippen molar-refractivity contribution >= 4 is 17.3 Å². The number of nitro groups is 1. The summed E-state index contributed by atoms with van der Waals surface area (Å²) in [5, 5.41) is 18.5. The van der Waals surface area contributed by atoms with Gasteiger partial charge >= 0.3 is 5.69 Å². The molecule has 8 heteroatoms. The summed E-state index contributed by atoms with van der Waals surface area (Å²) in [5.41, 5.74) is 0.822. The van der Waals surface area contributed by atoms with Gasteiger partial charge in [0.1, 0.15) is 6.33 Å². The van der Waals surface area contributed by atoms with Gasteiger partial charge in [-0.15, -0.1) is 0 Å². The van der Waals surface area contributed by atoms with Crippen LogP contribution in [0.3, 0.4) is 0 Å². The molecule has 2 aromatic rings. The highest BCUT2D eigenvalue weighted by atomic mass is 16.6. The van der Waals surface area contributed by atoms with E-state index in [1.54, 1.807) is 12.4 Å². The SMILES string of the molecule is O=[N+]([O-])c1c(NCc2cccnc2)ncnc1NC12CC3CC(CC(C3)C1)C2. The van der Waals surface area contributed by atoms with Gasteiger partial charge in [0.05, 0.1) is 4.92 Å². The topological polar surface area (TPSA) is 106 Å². The van der Waals surface area contributed by atoms with Gasteiger partial charge in [0.25, 0.3) is 0 Å². The van der Waals surface area contributed by atoms with Crippen molar-refractivity contribution < 1.29 is 4.92 Å². The average Bonchev–Trinajstić information content (AvgIpc) is 2.65. The molecule has 6 rings (SSSR count). The minimum atomic E-state index is -0.381. The molecule has 4 aliphatic rings. The van der Waals surface area contributed by atoms with Gasteiger partial charge in [-0.05, 0) is 67.9 Å². The first-order valence-corrected chi connectivity index (χ1v) is 10.0. The molecule has 0 saturated heterocycles. The Bertz CT molecular complexity index is 852. The lowest BCUT2D eigenvalue weighted by Crippen LogP contribution is -2.55. The van der Waals surface area contributed by atoms with Gasteiger partial charge in [-0.1, -0.05) is 6.07 Å². The van der Waals surface area contributed by atoms with Crippen molar-refractivity contribution in [1.82, 2.24) is 15.0 Å². The van der Waals surface area contributed by atoms with Crippen LogP contribution in [0.2, 0.25) is 0 Å². The lowest BCUT2D eigenvalue weighted by atomic mass is 9.53. The fraction of sp³-hybridized carbons (Fsp3) is 0.550. The second-order valence-electron chi connectivity index (χ2n) is 8.71. The van der Waals surface area contributed by atoms with Crippen LogP contribution in [0.25, 0.3) is 0 Å². The van der Waals surface area contributed by atoms with Crippen LogP contribution < -0.4 is 10.6 Å². The van der Waals surface area contributed by atoms with E-state index in [9.17, 15) is 10.1 Å². The van der Waals surface area contributed by atoms with E-state index in [1.807, 2.05) is 12.1 Å². The van der Waals surface area contributed by atoms with Gasteiger partial charge in [-0.2, -0.15) is 0 Å². The normalized spacial score (nSPS) is 30.2. The molecule has 0 aliphatic heterocycles. The molecule has 0 aromatic carbocycles. The minimum Gasteiger partial charge on any atom is -0.360 e. The highest BCUT2D eigenvalue weighted by molar-refractivity contribution is 5.70. The Balaban J connectivity index is 1.41. The highest BCUT2D eigenvalue weighted by Crippen LogP contribution is 2.56. The van der Waals surface area contributed by atoms with Crippen LogP contribution in [0.1, 0.15) is 44.1 Å². The third kappa shape index (κ3) is 3.16. The monoisotopic (exact) mass is 380 g/mol. The fourth-order valence-electron chi connectivity index (χ4n) is 5.98.